The maximum absolute atomic E-state index is 12.4. The van der Waals surface area contributed by atoms with E-state index in [2.05, 4.69) is 11.4 Å². The van der Waals surface area contributed by atoms with Gasteiger partial charge in [-0.15, -0.1) is 0 Å². The topological polar surface area (TPSA) is 105 Å². The van der Waals surface area contributed by atoms with Crippen molar-refractivity contribution in [1.29, 1.82) is 5.26 Å². The number of esters is 1. The molecule has 0 aromatic heterocycles. The van der Waals surface area contributed by atoms with Gasteiger partial charge in [0, 0.05) is 23.7 Å². The molecule has 1 aromatic rings. The van der Waals surface area contributed by atoms with E-state index >= 15 is 0 Å². The number of rotatable bonds is 4. The summed E-state index contributed by atoms with van der Waals surface area (Å²) in [6, 6.07) is 7.86. The Morgan fingerprint density at radius 2 is 2.08 bits per heavy atom. The van der Waals surface area contributed by atoms with Gasteiger partial charge >= 0.3 is 5.97 Å². The van der Waals surface area contributed by atoms with Crippen LogP contribution in [0.4, 0.5) is 5.69 Å². The van der Waals surface area contributed by atoms with E-state index in [0.717, 1.165) is 0 Å². The predicted molar refractivity (Wildman–Crippen MR) is 90.0 cm³/mol. The van der Waals surface area contributed by atoms with Crippen molar-refractivity contribution in [2.45, 2.75) is 19.8 Å². The molecule has 1 aromatic carbocycles. The van der Waals surface area contributed by atoms with Crippen molar-refractivity contribution in [1.82, 2.24) is 5.32 Å². The molecule has 7 nitrogen and oxygen atoms in total. The minimum Gasteiger partial charge on any atom is -0.463 e. The lowest BCUT2D eigenvalue weighted by molar-refractivity contribution is -0.384. The fourth-order valence-electron chi connectivity index (χ4n) is 2.67. The molecule has 1 N–H and O–H groups in total. The zero-order valence-corrected chi connectivity index (χ0v) is 13.9. The highest BCUT2D eigenvalue weighted by Gasteiger charge is 2.39. The molecule has 124 valence electrons. The molecule has 2 atom stereocenters. The summed E-state index contributed by atoms with van der Waals surface area (Å²) in [6.07, 6.45) is 0. The molecule has 2 unspecified atom stereocenters. The molecule has 0 saturated carbocycles. The lowest BCUT2D eigenvalue weighted by Crippen LogP contribution is -2.40. The Kier molecular flexibility index (Phi) is 5.26. The number of hydrogen-bond acceptors (Lipinski definition) is 6. The molecule has 0 saturated heterocycles. The van der Waals surface area contributed by atoms with Crippen LogP contribution in [0.15, 0.2) is 35.5 Å². The molecular formula is C16H15N3O4S. The summed E-state index contributed by atoms with van der Waals surface area (Å²) in [5.41, 5.74) is 1.36. The summed E-state index contributed by atoms with van der Waals surface area (Å²) >= 11 is 5.22. The second-order valence-corrected chi connectivity index (χ2v) is 5.62. The number of nitro benzene ring substituents is 1. The lowest BCUT2D eigenvalue weighted by atomic mass is 9.78. The van der Waals surface area contributed by atoms with Gasteiger partial charge in [-0.1, -0.05) is 24.4 Å². The van der Waals surface area contributed by atoms with Crippen molar-refractivity contribution in [3.8, 4) is 6.07 Å². The number of nitrogens with one attached hydrogen (secondary N) is 1. The molecule has 1 heterocycles. The van der Waals surface area contributed by atoms with E-state index in [0.29, 0.717) is 21.8 Å². The highest BCUT2D eigenvalue weighted by atomic mass is 32.1. The van der Waals surface area contributed by atoms with Crippen LogP contribution in [0, 0.1) is 27.4 Å². The number of carbonyl (C=O) groups is 1. The van der Waals surface area contributed by atoms with Gasteiger partial charge in [-0.3, -0.25) is 10.1 Å². The fourth-order valence-corrected chi connectivity index (χ4v) is 3.01. The molecule has 1 aliphatic rings. The smallest absolute Gasteiger partial charge is 0.336 e. The SMILES string of the molecule is CCOC(=O)C1=C(C)NC(=S)C(C#N)C1c1ccc([N+](=O)[O-])cc1. The third kappa shape index (κ3) is 3.26. The van der Waals surface area contributed by atoms with Crippen LogP contribution < -0.4 is 5.32 Å². The predicted octanol–water partition coefficient (Wildman–Crippen LogP) is 2.59. The Hall–Kier alpha value is -2.79. The molecule has 0 bridgehead atoms. The molecule has 0 fully saturated rings. The van der Waals surface area contributed by atoms with Crippen LogP contribution in [0.1, 0.15) is 25.3 Å². The van der Waals surface area contributed by atoms with Crippen LogP contribution in [0.25, 0.3) is 0 Å². The fraction of sp³-hybridized carbons (Fsp3) is 0.312. The summed E-state index contributed by atoms with van der Waals surface area (Å²) in [5.74, 6) is -1.93. The minimum atomic E-state index is -0.760. The quantitative estimate of drug-likeness (QED) is 0.387. The zero-order chi connectivity index (χ0) is 17.9. The van der Waals surface area contributed by atoms with Gasteiger partial charge in [0.05, 0.1) is 28.2 Å². The van der Waals surface area contributed by atoms with E-state index in [-0.39, 0.29) is 12.3 Å². The van der Waals surface area contributed by atoms with Crippen molar-refractivity contribution >= 4 is 28.9 Å². The number of nitro groups is 1. The maximum atomic E-state index is 12.4. The number of nitriles is 1. The van der Waals surface area contributed by atoms with Gasteiger partial charge in [0.1, 0.15) is 5.92 Å². The van der Waals surface area contributed by atoms with E-state index in [1.54, 1.807) is 13.8 Å². The highest BCUT2D eigenvalue weighted by Crippen LogP contribution is 2.38. The normalized spacial score (nSPS) is 20.1. The van der Waals surface area contributed by atoms with Gasteiger partial charge in [0.25, 0.3) is 5.69 Å². The number of allylic oxidation sites excluding steroid dienone is 1. The van der Waals surface area contributed by atoms with Crippen molar-refractivity contribution < 1.29 is 14.5 Å². The van der Waals surface area contributed by atoms with Crippen LogP contribution in [0.2, 0.25) is 0 Å². The number of benzene rings is 1. The van der Waals surface area contributed by atoms with Crippen molar-refractivity contribution in [3.05, 3.63) is 51.2 Å². The van der Waals surface area contributed by atoms with E-state index < -0.39 is 22.7 Å². The van der Waals surface area contributed by atoms with Crippen molar-refractivity contribution in [2.24, 2.45) is 5.92 Å². The monoisotopic (exact) mass is 345 g/mol. The van der Waals surface area contributed by atoms with Crippen LogP contribution in [-0.2, 0) is 9.53 Å². The highest BCUT2D eigenvalue weighted by molar-refractivity contribution is 7.80. The summed E-state index contributed by atoms with van der Waals surface area (Å²) in [4.78, 5) is 23.0. The average molecular weight is 345 g/mol. The molecule has 0 amide bonds. The molecule has 24 heavy (non-hydrogen) atoms. The first-order valence-electron chi connectivity index (χ1n) is 7.23. The van der Waals surface area contributed by atoms with E-state index in [4.69, 9.17) is 17.0 Å². The van der Waals surface area contributed by atoms with E-state index in [1.165, 1.54) is 24.3 Å². The summed E-state index contributed by atoms with van der Waals surface area (Å²) in [5, 5.41) is 23.2. The lowest BCUT2D eigenvalue weighted by Gasteiger charge is -2.31. The number of hydrogen-bond donors (Lipinski definition) is 1. The molecule has 0 aliphatic carbocycles. The van der Waals surface area contributed by atoms with Crippen LogP contribution in [-0.4, -0.2) is 22.5 Å². The third-order valence-corrected chi connectivity index (χ3v) is 4.09. The van der Waals surface area contributed by atoms with Gasteiger partial charge < -0.3 is 10.1 Å². The third-order valence-electron chi connectivity index (χ3n) is 3.74. The van der Waals surface area contributed by atoms with Gasteiger partial charge in [-0.2, -0.15) is 5.26 Å². The van der Waals surface area contributed by atoms with Crippen LogP contribution in [0.5, 0.6) is 0 Å². The summed E-state index contributed by atoms with van der Waals surface area (Å²) in [7, 11) is 0. The van der Waals surface area contributed by atoms with Gasteiger partial charge in [-0.05, 0) is 19.4 Å². The number of non-ortho nitro benzene ring substituents is 1. The first-order chi connectivity index (χ1) is 11.4. The maximum Gasteiger partial charge on any atom is 0.336 e. The number of thiocarbonyl (C=S) groups is 1. The number of ether oxygens (including phenoxy) is 1. The largest absolute Gasteiger partial charge is 0.463 e. The van der Waals surface area contributed by atoms with Crippen LogP contribution in [0.3, 0.4) is 0 Å². The zero-order valence-electron chi connectivity index (χ0n) is 13.1. The molecule has 0 radical (unpaired) electrons. The summed E-state index contributed by atoms with van der Waals surface area (Å²) < 4.78 is 5.10. The standard InChI is InChI=1S/C16H15N3O4S/c1-3-23-16(20)13-9(2)18-15(24)12(8-17)14(13)10-4-6-11(7-5-10)19(21)22/h4-7,12,14H,3H2,1-2H3,(H,18,24). The molecule has 0 spiro atoms. The van der Waals surface area contributed by atoms with Crippen molar-refractivity contribution in [3.63, 3.8) is 0 Å². The number of nitrogens with zero attached hydrogens (tertiary/aromatic N) is 2. The number of carbonyl (C=O) groups excluding carboxylic acids is 1. The molecule has 8 heteroatoms. The van der Waals surface area contributed by atoms with Crippen LogP contribution >= 0.6 is 12.2 Å². The Bertz CT molecular complexity index is 765. The molecular weight excluding hydrogens is 330 g/mol. The van der Waals surface area contributed by atoms with Crippen molar-refractivity contribution in [2.75, 3.05) is 6.61 Å². The Labute approximate surface area is 144 Å². The molecule has 2 rings (SSSR count). The minimum absolute atomic E-state index is 0.0674. The second-order valence-electron chi connectivity index (χ2n) is 5.18. The Morgan fingerprint density at radius 1 is 1.46 bits per heavy atom. The van der Waals surface area contributed by atoms with E-state index in [1.807, 2.05) is 0 Å². The Morgan fingerprint density at radius 3 is 2.58 bits per heavy atom. The van der Waals surface area contributed by atoms with Gasteiger partial charge in [-0.25, -0.2) is 4.79 Å². The summed E-state index contributed by atoms with van der Waals surface area (Å²) in [6.45, 7) is 3.58. The Balaban J connectivity index is 2.56. The first-order valence-corrected chi connectivity index (χ1v) is 7.64. The van der Waals surface area contributed by atoms with Gasteiger partial charge in [0.15, 0.2) is 0 Å². The first kappa shape index (κ1) is 17.6. The van der Waals surface area contributed by atoms with E-state index in [9.17, 15) is 20.2 Å². The average Bonchev–Trinajstić information content (AvgIpc) is 2.54. The second kappa shape index (κ2) is 7.19. The molecule has 1 aliphatic heterocycles. The van der Waals surface area contributed by atoms with Gasteiger partial charge in [0.2, 0.25) is 0 Å².